The van der Waals surface area contributed by atoms with Crippen molar-refractivity contribution in [3.05, 3.63) is 0 Å². The summed E-state index contributed by atoms with van der Waals surface area (Å²) in [6, 6.07) is 0. The summed E-state index contributed by atoms with van der Waals surface area (Å²) in [5, 5.41) is 30.0. The number of carboxylic acid groups (broad SMARTS) is 3. The van der Waals surface area contributed by atoms with E-state index in [-0.39, 0.29) is 21.7 Å². The summed E-state index contributed by atoms with van der Waals surface area (Å²) < 4.78 is 5.62. The molecule has 0 amide bonds. The van der Waals surface area contributed by atoms with Gasteiger partial charge in [-0.15, -0.1) is 0 Å². The molecule has 12 heteroatoms. The molecular weight excluding hydrogens is 799 g/mol. The van der Waals surface area contributed by atoms with Gasteiger partial charge in [-0.05, 0) is 75.0 Å². The van der Waals surface area contributed by atoms with E-state index in [4.69, 9.17) is 0 Å². The summed E-state index contributed by atoms with van der Waals surface area (Å²) >= 11 is 5.84. The van der Waals surface area contributed by atoms with E-state index in [9.17, 15) is 34.5 Å². The van der Waals surface area contributed by atoms with Crippen molar-refractivity contribution < 1.29 is 39.2 Å². The van der Waals surface area contributed by atoms with Crippen LogP contribution in [-0.4, -0.2) is 86.0 Å². The first-order valence-corrected chi connectivity index (χ1v) is 23.9. The van der Waals surface area contributed by atoms with Gasteiger partial charge in [-0.3, -0.25) is 0 Å². The average Bonchev–Trinajstić information content (AvgIpc) is 3.02. The summed E-state index contributed by atoms with van der Waals surface area (Å²) in [7, 11) is 0. The van der Waals surface area contributed by atoms with E-state index in [0.29, 0.717) is 13.0 Å². The summed E-state index contributed by atoms with van der Waals surface area (Å²) in [5.41, 5.74) is 0. The van der Waals surface area contributed by atoms with Gasteiger partial charge in [0.1, 0.15) is 0 Å². The SMILES string of the molecule is CC(C)CCCCCSC(C)C(=O)[O-].CC(C)CCCCCSC(C)C(=O)[O-].CC(C)CCCCCSC(C)C(=O)[O-].CCOC(=O)C[CH2][Sn+3]. The van der Waals surface area contributed by atoms with Crippen LogP contribution in [0.25, 0.3) is 0 Å². The molecule has 0 spiro atoms. The van der Waals surface area contributed by atoms with Crippen molar-refractivity contribution in [2.45, 2.75) is 173 Å². The number of unbranched alkanes of at least 4 members (excludes halogenated alkanes) is 6. The molecule has 50 heavy (non-hydrogen) atoms. The number of ether oxygens (including phenoxy) is 1. The molecule has 0 saturated carbocycles. The Morgan fingerprint density at radius 3 is 1.00 bits per heavy atom. The maximum absolute atomic E-state index is 10.4. The third-order valence-corrected chi connectivity index (χ3v) is 11.4. The average molecular weight is 872 g/mol. The summed E-state index contributed by atoms with van der Waals surface area (Å²) in [4.78, 5) is 41.6. The van der Waals surface area contributed by atoms with Crippen molar-refractivity contribution in [1.82, 2.24) is 0 Å². The van der Waals surface area contributed by atoms with Gasteiger partial charge in [0.2, 0.25) is 0 Å². The Bertz CT molecular complexity index is 706. The van der Waals surface area contributed by atoms with Crippen molar-refractivity contribution in [1.29, 1.82) is 0 Å². The van der Waals surface area contributed by atoms with Gasteiger partial charge in [0, 0.05) is 15.7 Å². The van der Waals surface area contributed by atoms with E-state index < -0.39 is 17.9 Å². The Labute approximate surface area is 333 Å². The summed E-state index contributed by atoms with van der Waals surface area (Å²) in [5.74, 6) is 2.25. The molecule has 0 aromatic rings. The molecule has 0 aliphatic rings. The molecule has 0 saturated heterocycles. The maximum atomic E-state index is 10.4. The topological polar surface area (TPSA) is 147 Å². The number of aliphatic carboxylic acids is 3. The molecule has 8 nitrogen and oxygen atoms in total. The Morgan fingerprint density at radius 1 is 0.520 bits per heavy atom. The van der Waals surface area contributed by atoms with Gasteiger partial charge in [0.05, 0.1) is 17.9 Å². The molecule has 0 aliphatic carbocycles. The monoisotopic (exact) mass is 872 g/mol. The molecule has 0 bridgehead atoms. The number of thioether (sulfide) groups is 3. The predicted molar refractivity (Wildman–Crippen MR) is 213 cm³/mol. The number of esters is 1. The van der Waals surface area contributed by atoms with Gasteiger partial charge >= 0.3 is 62.4 Å². The number of rotatable bonds is 27. The first kappa shape index (κ1) is 56.5. The Hall–Kier alpha value is -0.271. The van der Waals surface area contributed by atoms with Gasteiger partial charge in [-0.2, -0.15) is 35.3 Å². The molecule has 0 N–H and O–H groups in total. The molecule has 3 atom stereocenters. The van der Waals surface area contributed by atoms with Crippen molar-refractivity contribution >= 4 is 81.7 Å². The van der Waals surface area contributed by atoms with Crippen LogP contribution in [0.2, 0.25) is 4.44 Å². The fourth-order valence-corrected chi connectivity index (χ4v) is 6.98. The summed E-state index contributed by atoms with van der Waals surface area (Å²) in [6.07, 6.45) is 15.2. The second-order valence-corrected chi connectivity index (χ2v) is 19.3. The van der Waals surface area contributed by atoms with Crippen molar-refractivity contribution in [3.8, 4) is 0 Å². The fourth-order valence-electron chi connectivity index (χ4n) is 3.81. The number of carboxylic acids is 3. The number of carbonyl (C=O) groups excluding carboxylic acids is 4. The van der Waals surface area contributed by atoms with E-state index >= 15 is 0 Å². The zero-order valence-electron chi connectivity index (χ0n) is 33.2. The van der Waals surface area contributed by atoms with Crippen molar-refractivity contribution in [2.24, 2.45) is 17.8 Å². The van der Waals surface area contributed by atoms with Gasteiger partial charge in [-0.1, -0.05) is 99.3 Å². The molecule has 0 rings (SSSR count). The normalized spacial score (nSPS) is 12.5. The fraction of sp³-hybridized carbons (Fsp3) is 0.895. The molecule has 3 unspecified atom stereocenters. The Kier molecular flexibility index (Phi) is 46.9. The minimum atomic E-state index is -0.947. The predicted octanol–water partition coefficient (Wildman–Crippen LogP) is 6.75. The van der Waals surface area contributed by atoms with Crippen LogP contribution >= 0.6 is 35.3 Å². The summed E-state index contributed by atoms with van der Waals surface area (Å²) in [6.45, 7) is 20.8. The van der Waals surface area contributed by atoms with Crippen LogP contribution in [0.3, 0.4) is 0 Å². The molecular formula is C38H72O8S3Sn. The van der Waals surface area contributed by atoms with Crippen LogP contribution in [0.15, 0.2) is 0 Å². The van der Waals surface area contributed by atoms with Crippen LogP contribution < -0.4 is 15.3 Å². The third-order valence-electron chi connectivity index (χ3n) is 7.01. The van der Waals surface area contributed by atoms with Crippen LogP contribution in [0.5, 0.6) is 0 Å². The zero-order chi connectivity index (χ0) is 39.3. The molecule has 0 aromatic heterocycles. The van der Waals surface area contributed by atoms with E-state index in [2.05, 4.69) is 46.3 Å². The van der Waals surface area contributed by atoms with E-state index in [1.165, 1.54) is 116 Å². The van der Waals surface area contributed by atoms with Crippen LogP contribution in [0, 0.1) is 17.8 Å². The van der Waals surface area contributed by atoms with Gasteiger partial charge < -0.3 is 29.7 Å². The number of hydrogen-bond acceptors (Lipinski definition) is 11. The minimum absolute atomic E-state index is 0.0655. The Balaban J connectivity index is -0.000000287. The second kappa shape index (κ2) is 41.5. The molecule has 0 aromatic carbocycles. The Morgan fingerprint density at radius 2 is 0.800 bits per heavy atom. The second-order valence-electron chi connectivity index (χ2n) is 13.5. The van der Waals surface area contributed by atoms with E-state index in [1.54, 1.807) is 20.8 Å². The number of carbonyl (C=O) groups is 4. The quantitative estimate of drug-likeness (QED) is 0.0491. The van der Waals surface area contributed by atoms with Crippen LogP contribution in [0.1, 0.15) is 153 Å². The standard InChI is InChI=1S/3C11H22O2S.C5H9O2.Sn/c3*1-9(2)7-5-4-6-8-14-10(3)11(12)13;1-3-5(6)7-4-2;/h3*9-10H,4-8H2,1-3H3,(H,12,13);1,3-4H2,2H3;/q;;;;+3/p-3. The van der Waals surface area contributed by atoms with Gasteiger partial charge in [0.25, 0.3) is 0 Å². The third kappa shape index (κ3) is 52.1. The van der Waals surface area contributed by atoms with E-state index in [0.717, 1.165) is 58.7 Å². The van der Waals surface area contributed by atoms with Crippen LogP contribution in [-0.2, 0) is 23.9 Å². The first-order valence-electron chi connectivity index (χ1n) is 18.7. The van der Waals surface area contributed by atoms with Crippen molar-refractivity contribution in [3.63, 3.8) is 0 Å². The first-order chi connectivity index (χ1) is 23.4. The molecule has 294 valence electrons. The number of hydrogen-bond donors (Lipinski definition) is 0. The zero-order valence-corrected chi connectivity index (χ0v) is 38.5. The van der Waals surface area contributed by atoms with Crippen molar-refractivity contribution in [2.75, 3.05) is 23.9 Å². The molecule has 0 radical (unpaired) electrons. The van der Waals surface area contributed by atoms with Gasteiger partial charge in [-0.25, -0.2) is 0 Å². The van der Waals surface area contributed by atoms with Gasteiger partial charge in [0.15, 0.2) is 0 Å². The molecule has 0 heterocycles. The molecule has 0 fully saturated rings. The van der Waals surface area contributed by atoms with Crippen LogP contribution in [0.4, 0.5) is 0 Å². The van der Waals surface area contributed by atoms with E-state index in [1.807, 2.05) is 6.92 Å². The molecule has 0 aliphatic heterocycles.